The van der Waals surface area contributed by atoms with Crippen LogP contribution >= 0.6 is 24.0 Å². The Morgan fingerprint density at radius 1 is 1.14 bits per heavy atom. The van der Waals surface area contributed by atoms with Gasteiger partial charge in [0.25, 0.3) is 0 Å². The first kappa shape index (κ1) is 17.4. The minimum absolute atomic E-state index is 0. The predicted octanol–water partition coefficient (Wildman–Crippen LogP) is 3.55. The summed E-state index contributed by atoms with van der Waals surface area (Å²) >= 11 is 0. The zero-order valence-corrected chi connectivity index (χ0v) is 14.9. The van der Waals surface area contributed by atoms with Crippen LogP contribution in [-0.2, 0) is 6.54 Å². The summed E-state index contributed by atoms with van der Waals surface area (Å²) in [5.74, 6) is 0.412. The second-order valence-corrected chi connectivity index (χ2v) is 5.00. The molecule has 112 valence electrons. The average Bonchev–Trinajstić information content (AvgIpc) is 2.41. The molecule has 1 aromatic carbocycles. The smallest absolute Gasteiger partial charge is 0.193 e. The number of nitrogens with two attached hydrogens (primary N) is 1. The van der Waals surface area contributed by atoms with Crippen LogP contribution in [0.5, 0.6) is 0 Å². The van der Waals surface area contributed by atoms with Gasteiger partial charge in [0.15, 0.2) is 5.96 Å². The standard InChI is InChI=1S/C16H20N4.HI/c1-11-6-14(9-18-8-11)10-19-16(17)20-15-5-4-12(2)13(3)7-15;/h4-9H,10H2,1-3H3,(H3,17,19,20);1H. The molecule has 3 N–H and O–H groups in total. The molecule has 0 bridgehead atoms. The van der Waals surface area contributed by atoms with Gasteiger partial charge in [0.05, 0.1) is 6.54 Å². The molecule has 2 aromatic rings. The molecular formula is C16H21IN4. The highest BCUT2D eigenvalue weighted by Crippen LogP contribution is 2.13. The zero-order chi connectivity index (χ0) is 14.5. The number of rotatable bonds is 3. The van der Waals surface area contributed by atoms with Crippen LogP contribution in [0, 0.1) is 20.8 Å². The maximum absolute atomic E-state index is 5.90. The van der Waals surface area contributed by atoms with E-state index in [2.05, 4.69) is 47.3 Å². The van der Waals surface area contributed by atoms with E-state index in [4.69, 9.17) is 5.73 Å². The van der Waals surface area contributed by atoms with Crippen LogP contribution in [0.25, 0.3) is 0 Å². The van der Waals surface area contributed by atoms with Crippen molar-refractivity contribution in [1.82, 2.24) is 4.98 Å². The normalized spacial score (nSPS) is 10.9. The molecule has 0 fully saturated rings. The van der Waals surface area contributed by atoms with Crippen molar-refractivity contribution in [3.63, 3.8) is 0 Å². The number of pyridine rings is 1. The fraction of sp³-hybridized carbons (Fsp3) is 0.250. The number of nitrogens with one attached hydrogen (secondary N) is 1. The maximum Gasteiger partial charge on any atom is 0.193 e. The van der Waals surface area contributed by atoms with E-state index in [-0.39, 0.29) is 24.0 Å². The Bertz CT molecular complexity index is 638. The molecule has 1 heterocycles. The van der Waals surface area contributed by atoms with Crippen LogP contribution in [0.3, 0.4) is 0 Å². The molecule has 0 saturated carbocycles. The number of hydrogen-bond donors (Lipinski definition) is 2. The lowest BCUT2D eigenvalue weighted by molar-refractivity contribution is 1.03. The first-order valence-corrected chi connectivity index (χ1v) is 6.59. The molecule has 5 heteroatoms. The number of hydrogen-bond acceptors (Lipinski definition) is 2. The number of nitrogens with zero attached hydrogens (tertiary/aromatic N) is 2. The summed E-state index contributed by atoms with van der Waals surface area (Å²) in [4.78, 5) is 8.46. The minimum atomic E-state index is 0. The summed E-state index contributed by atoms with van der Waals surface area (Å²) in [6, 6.07) is 8.18. The first-order valence-electron chi connectivity index (χ1n) is 6.59. The molecule has 0 unspecified atom stereocenters. The second kappa shape index (κ2) is 7.97. The largest absolute Gasteiger partial charge is 0.370 e. The monoisotopic (exact) mass is 396 g/mol. The van der Waals surface area contributed by atoms with E-state index in [1.807, 2.05) is 19.2 Å². The topological polar surface area (TPSA) is 63.3 Å². The lowest BCUT2D eigenvalue weighted by Crippen LogP contribution is -2.22. The van der Waals surface area contributed by atoms with Crippen molar-refractivity contribution in [1.29, 1.82) is 0 Å². The molecule has 0 spiro atoms. The molecule has 0 radical (unpaired) electrons. The van der Waals surface area contributed by atoms with E-state index in [1.54, 1.807) is 6.20 Å². The van der Waals surface area contributed by atoms with Crippen molar-refractivity contribution in [2.24, 2.45) is 10.7 Å². The van der Waals surface area contributed by atoms with Crippen LogP contribution in [0.2, 0.25) is 0 Å². The number of aryl methyl sites for hydroxylation is 3. The van der Waals surface area contributed by atoms with Crippen LogP contribution in [0.1, 0.15) is 22.3 Å². The number of benzene rings is 1. The molecule has 0 atom stereocenters. The Morgan fingerprint density at radius 2 is 1.90 bits per heavy atom. The molecule has 0 amide bonds. The van der Waals surface area contributed by atoms with Gasteiger partial charge in [-0.15, -0.1) is 24.0 Å². The van der Waals surface area contributed by atoms with Crippen molar-refractivity contribution in [2.75, 3.05) is 5.32 Å². The van der Waals surface area contributed by atoms with Gasteiger partial charge in [-0.25, -0.2) is 4.99 Å². The third-order valence-corrected chi connectivity index (χ3v) is 3.14. The molecule has 0 saturated heterocycles. The average molecular weight is 396 g/mol. The van der Waals surface area contributed by atoms with Gasteiger partial charge in [-0.1, -0.05) is 12.1 Å². The van der Waals surface area contributed by atoms with E-state index >= 15 is 0 Å². The van der Waals surface area contributed by atoms with Gasteiger partial charge < -0.3 is 11.1 Å². The van der Waals surface area contributed by atoms with E-state index in [1.165, 1.54) is 11.1 Å². The number of halogens is 1. The van der Waals surface area contributed by atoms with E-state index in [0.717, 1.165) is 16.8 Å². The van der Waals surface area contributed by atoms with Crippen LogP contribution in [-0.4, -0.2) is 10.9 Å². The fourth-order valence-corrected chi connectivity index (χ4v) is 1.89. The van der Waals surface area contributed by atoms with Crippen LogP contribution in [0.4, 0.5) is 5.69 Å². The summed E-state index contributed by atoms with van der Waals surface area (Å²) in [5, 5.41) is 3.10. The van der Waals surface area contributed by atoms with E-state index < -0.39 is 0 Å². The molecule has 4 nitrogen and oxygen atoms in total. The van der Waals surface area contributed by atoms with Gasteiger partial charge in [0, 0.05) is 18.1 Å². The summed E-state index contributed by atoms with van der Waals surface area (Å²) in [7, 11) is 0. The van der Waals surface area contributed by atoms with Gasteiger partial charge in [-0.3, -0.25) is 4.98 Å². The molecule has 1 aromatic heterocycles. The summed E-state index contributed by atoms with van der Waals surface area (Å²) in [5.41, 5.74) is 11.5. The van der Waals surface area contributed by atoms with Crippen molar-refractivity contribution in [3.8, 4) is 0 Å². The van der Waals surface area contributed by atoms with E-state index in [9.17, 15) is 0 Å². The molecule has 0 aliphatic heterocycles. The SMILES string of the molecule is Cc1cncc(CN=C(N)Nc2ccc(C)c(C)c2)c1.I. The Hall–Kier alpha value is -1.63. The minimum Gasteiger partial charge on any atom is -0.370 e. The lowest BCUT2D eigenvalue weighted by atomic mass is 10.1. The molecule has 0 aliphatic carbocycles. The number of guanidine groups is 1. The van der Waals surface area contributed by atoms with Crippen molar-refractivity contribution < 1.29 is 0 Å². The van der Waals surface area contributed by atoms with Gasteiger partial charge in [0.2, 0.25) is 0 Å². The van der Waals surface area contributed by atoms with Gasteiger partial charge in [-0.2, -0.15) is 0 Å². The predicted molar refractivity (Wildman–Crippen MR) is 99.3 cm³/mol. The Kier molecular flexibility index (Phi) is 6.61. The highest BCUT2D eigenvalue weighted by atomic mass is 127. The number of aliphatic imine (C=N–C) groups is 1. The quantitative estimate of drug-likeness (QED) is 0.474. The van der Waals surface area contributed by atoms with Crippen LogP contribution in [0.15, 0.2) is 41.7 Å². The fourth-order valence-electron chi connectivity index (χ4n) is 1.89. The number of aromatic nitrogens is 1. The summed E-state index contributed by atoms with van der Waals surface area (Å²) in [6.45, 7) is 6.70. The molecular weight excluding hydrogens is 375 g/mol. The Labute approximate surface area is 142 Å². The third-order valence-electron chi connectivity index (χ3n) is 3.14. The summed E-state index contributed by atoms with van der Waals surface area (Å²) in [6.07, 6.45) is 3.63. The highest BCUT2D eigenvalue weighted by molar-refractivity contribution is 14.0. The zero-order valence-electron chi connectivity index (χ0n) is 12.6. The Balaban J connectivity index is 0.00000220. The summed E-state index contributed by atoms with van der Waals surface area (Å²) < 4.78 is 0. The number of anilines is 1. The molecule has 2 rings (SSSR count). The second-order valence-electron chi connectivity index (χ2n) is 5.00. The van der Waals surface area contributed by atoms with Gasteiger partial charge in [-0.05, 0) is 55.2 Å². The first-order chi connectivity index (χ1) is 9.54. The molecule has 21 heavy (non-hydrogen) atoms. The van der Waals surface area contributed by atoms with Gasteiger partial charge >= 0.3 is 0 Å². The molecule has 0 aliphatic rings. The Morgan fingerprint density at radius 3 is 2.57 bits per heavy atom. The van der Waals surface area contributed by atoms with Gasteiger partial charge in [0.1, 0.15) is 0 Å². The maximum atomic E-state index is 5.90. The van der Waals surface area contributed by atoms with Crippen LogP contribution < -0.4 is 11.1 Å². The van der Waals surface area contributed by atoms with Crippen molar-refractivity contribution in [2.45, 2.75) is 27.3 Å². The van der Waals surface area contributed by atoms with E-state index in [0.29, 0.717) is 12.5 Å². The third kappa shape index (κ3) is 5.34. The van der Waals surface area contributed by atoms with Crippen molar-refractivity contribution >= 4 is 35.6 Å². The van der Waals surface area contributed by atoms with Crippen molar-refractivity contribution in [3.05, 3.63) is 58.9 Å². The lowest BCUT2D eigenvalue weighted by Gasteiger charge is -2.08. The highest BCUT2D eigenvalue weighted by Gasteiger charge is 1.98.